The molecule has 2 heterocycles. The van der Waals surface area contributed by atoms with Crippen molar-refractivity contribution in [2.24, 2.45) is 0 Å². The number of hydrogen-bond donors (Lipinski definition) is 1. The van der Waals surface area contributed by atoms with Crippen molar-refractivity contribution in [3.05, 3.63) is 41.3 Å². The van der Waals surface area contributed by atoms with E-state index in [9.17, 15) is 4.79 Å². The molecule has 2 aromatic rings. The van der Waals surface area contributed by atoms with E-state index in [-0.39, 0.29) is 5.56 Å². The van der Waals surface area contributed by atoms with E-state index in [1.54, 1.807) is 24.0 Å². The van der Waals surface area contributed by atoms with Crippen LogP contribution in [0.2, 0.25) is 0 Å². The predicted molar refractivity (Wildman–Crippen MR) is 57.8 cm³/mol. The average Bonchev–Trinajstić information content (AvgIpc) is 2.64. The highest BCUT2D eigenvalue weighted by Crippen LogP contribution is 2.10. The highest BCUT2D eigenvalue weighted by molar-refractivity contribution is 5.88. The van der Waals surface area contributed by atoms with Gasteiger partial charge in [-0.25, -0.2) is 14.5 Å². The molecule has 5 nitrogen and oxygen atoms in total. The van der Waals surface area contributed by atoms with Crippen LogP contribution in [0.5, 0.6) is 0 Å². The van der Waals surface area contributed by atoms with E-state index in [0.29, 0.717) is 11.5 Å². The lowest BCUT2D eigenvalue weighted by Gasteiger charge is -2.03. The third kappa shape index (κ3) is 1.93. The first-order chi connectivity index (χ1) is 7.56. The van der Waals surface area contributed by atoms with Gasteiger partial charge in [-0.15, -0.1) is 0 Å². The maximum absolute atomic E-state index is 10.9. The Morgan fingerprint density at radius 2 is 2.12 bits per heavy atom. The second-order valence-electron chi connectivity index (χ2n) is 3.62. The number of carbonyl (C=O) groups is 1. The Morgan fingerprint density at radius 3 is 2.69 bits per heavy atom. The molecule has 0 saturated heterocycles. The summed E-state index contributed by atoms with van der Waals surface area (Å²) in [6.07, 6.45) is 3.50. The van der Waals surface area contributed by atoms with Crippen molar-refractivity contribution in [3.63, 3.8) is 0 Å². The second-order valence-corrected chi connectivity index (χ2v) is 3.62. The van der Waals surface area contributed by atoms with Crippen LogP contribution in [0.25, 0.3) is 5.82 Å². The van der Waals surface area contributed by atoms with Crippen molar-refractivity contribution in [1.82, 2.24) is 14.8 Å². The monoisotopic (exact) mass is 217 g/mol. The fraction of sp³-hybridized carbons (Fsp3) is 0.182. The molecule has 0 aliphatic rings. The average molecular weight is 217 g/mol. The molecule has 82 valence electrons. The van der Waals surface area contributed by atoms with Crippen LogP contribution in [-0.2, 0) is 0 Å². The maximum Gasteiger partial charge on any atom is 0.335 e. The highest BCUT2D eigenvalue weighted by atomic mass is 16.4. The first-order valence-corrected chi connectivity index (χ1v) is 4.80. The first kappa shape index (κ1) is 10.4. The van der Waals surface area contributed by atoms with Gasteiger partial charge in [0, 0.05) is 11.9 Å². The molecule has 0 amide bonds. The van der Waals surface area contributed by atoms with E-state index in [2.05, 4.69) is 10.1 Å². The van der Waals surface area contributed by atoms with Crippen molar-refractivity contribution in [2.75, 3.05) is 0 Å². The number of aryl methyl sites for hydroxylation is 2. The Bertz CT molecular complexity index is 546. The highest BCUT2D eigenvalue weighted by Gasteiger charge is 2.08. The van der Waals surface area contributed by atoms with E-state index in [0.717, 1.165) is 5.56 Å². The molecule has 0 bridgehead atoms. The van der Waals surface area contributed by atoms with Crippen LogP contribution in [0.15, 0.2) is 24.5 Å². The summed E-state index contributed by atoms with van der Waals surface area (Å²) >= 11 is 0. The summed E-state index contributed by atoms with van der Waals surface area (Å²) in [4.78, 5) is 15.1. The molecule has 0 unspecified atom stereocenters. The van der Waals surface area contributed by atoms with Gasteiger partial charge >= 0.3 is 5.97 Å². The number of aromatic nitrogens is 3. The summed E-state index contributed by atoms with van der Waals surface area (Å²) in [5.41, 5.74) is 1.87. The Morgan fingerprint density at radius 1 is 1.38 bits per heavy atom. The zero-order valence-corrected chi connectivity index (χ0v) is 9.01. The van der Waals surface area contributed by atoms with Crippen LogP contribution < -0.4 is 0 Å². The van der Waals surface area contributed by atoms with Crippen molar-refractivity contribution >= 4 is 5.97 Å². The molecule has 0 aromatic carbocycles. The van der Waals surface area contributed by atoms with Crippen LogP contribution in [-0.4, -0.2) is 25.8 Å². The minimum absolute atomic E-state index is 0.218. The summed E-state index contributed by atoms with van der Waals surface area (Å²) in [5.74, 6) is -0.443. The summed E-state index contributed by atoms with van der Waals surface area (Å²) in [6.45, 7) is 3.67. The molecule has 0 atom stereocenters. The van der Waals surface area contributed by atoms with Gasteiger partial charge in [-0.05, 0) is 31.5 Å². The number of carboxylic acids is 1. The zero-order valence-electron chi connectivity index (χ0n) is 9.01. The number of carboxylic acid groups (broad SMARTS) is 1. The molecule has 5 heteroatoms. The van der Waals surface area contributed by atoms with E-state index < -0.39 is 5.97 Å². The summed E-state index contributed by atoms with van der Waals surface area (Å²) in [6, 6.07) is 3.03. The maximum atomic E-state index is 10.9. The molecular weight excluding hydrogens is 206 g/mol. The second kappa shape index (κ2) is 3.77. The SMILES string of the molecule is Cc1cnn(-c2cc(C(=O)O)cc(C)n2)c1. The van der Waals surface area contributed by atoms with Gasteiger partial charge in [0.25, 0.3) is 0 Å². The van der Waals surface area contributed by atoms with Gasteiger partial charge in [-0.3, -0.25) is 0 Å². The van der Waals surface area contributed by atoms with E-state index in [4.69, 9.17) is 5.11 Å². The molecule has 1 N–H and O–H groups in total. The minimum atomic E-state index is -0.962. The number of pyridine rings is 1. The Kier molecular flexibility index (Phi) is 2.44. The van der Waals surface area contributed by atoms with Crippen molar-refractivity contribution in [3.8, 4) is 5.82 Å². The number of aromatic carboxylic acids is 1. The van der Waals surface area contributed by atoms with Gasteiger partial charge in [-0.1, -0.05) is 0 Å². The van der Waals surface area contributed by atoms with Crippen molar-refractivity contribution < 1.29 is 9.90 Å². The Labute approximate surface area is 92.4 Å². The van der Waals surface area contributed by atoms with Gasteiger partial charge < -0.3 is 5.11 Å². The van der Waals surface area contributed by atoms with Crippen LogP contribution in [0, 0.1) is 13.8 Å². The Hall–Kier alpha value is -2.17. The van der Waals surface area contributed by atoms with Crippen LogP contribution in [0.4, 0.5) is 0 Å². The minimum Gasteiger partial charge on any atom is -0.478 e. The van der Waals surface area contributed by atoms with Crippen LogP contribution in [0.3, 0.4) is 0 Å². The summed E-state index contributed by atoms with van der Waals surface area (Å²) in [5, 5.41) is 13.0. The molecule has 0 aliphatic heterocycles. The molecular formula is C11H11N3O2. The fourth-order valence-corrected chi connectivity index (χ4v) is 1.43. The lowest BCUT2D eigenvalue weighted by molar-refractivity contribution is 0.0696. The standard InChI is InChI=1S/C11H11N3O2/c1-7-5-12-14(6-7)10-4-9(11(15)16)3-8(2)13-10/h3-6H,1-2H3,(H,15,16). The largest absolute Gasteiger partial charge is 0.478 e. The third-order valence-corrected chi connectivity index (χ3v) is 2.13. The summed E-state index contributed by atoms with van der Waals surface area (Å²) < 4.78 is 1.56. The molecule has 0 aliphatic carbocycles. The lowest BCUT2D eigenvalue weighted by atomic mass is 10.2. The fourth-order valence-electron chi connectivity index (χ4n) is 1.43. The molecule has 2 aromatic heterocycles. The molecule has 16 heavy (non-hydrogen) atoms. The molecule has 0 radical (unpaired) electrons. The lowest BCUT2D eigenvalue weighted by Crippen LogP contribution is -2.04. The van der Waals surface area contributed by atoms with Crippen molar-refractivity contribution in [2.45, 2.75) is 13.8 Å². The van der Waals surface area contributed by atoms with Crippen LogP contribution >= 0.6 is 0 Å². The first-order valence-electron chi connectivity index (χ1n) is 4.80. The third-order valence-electron chi connectivity index (χ3n) is 2.13. The van der Waals surface area contributed by atoms with Gasteiger partial charge in [0.2, 0.25) is 0 Å². The van der Waals surface area contributed by atoms with E-state index in [1.165, 1.54) is 12.1 Å². The van der Waals surface area contributed by atoms with Gasteiger partial charge in [0.1, 0.15) is 0 Å². The molecule has 2 rings (SSSR count). The van der Waals surface area contributed by atoms with Crippen LogP contribution in [0.1, 0.15) is 21.6 Å². The topological polar surface area (TPSA) is 68.0 Å². The van der Waals surface area contributed by atoms with E-state index in [1.807, 2.05) is 6.92 Å². The normalized spacial score (nSPS) is 10.4. The quantitative estimate of drug-likeness (QED) is 0.829. The predicted octanol–water partition coefficient (Wildman–Crippen LogP) is 1.58. The number of nitrogens with zero attached hydrogens (tertiary/aromatic N) is 3. The Balaban J connectivity index is 2.53. The zero-order chi connectivity index (χ0) is 11.7. The van der Waals surface area contributed by atoms with Crippen molar-refractivity contribution in [1.29, 1.82) is 0 Å². The molecule has 0 spiro atoms. The van der Waals surface area contributed by atoms with Gasteiger partial charge in [-0.2, -0.15) is 5.10 Å². The van der Waals surface area contributed by atoms with E-state index >= 15 is 0 Å². The number of rotatable bonds is 2. The summed E-state index contributed by atoms with van der Waals surface area (Å²) in [7, 11) is 0. The molecule has 0 saturated carbocycles. The smallest absolute Gasteiger partial charge is 0.335 e. The molecule has 0 fully saturated rings. The van der Waals surface area contributed by atoms with Gasteiger partial charge in [0.15, 0.2) is 5.82 Å². The number of hydrogen-bond acceptors (Lipinski definition) is 3. The van der Waals surface area contributed by atoms with Gasteiger partial charge in [0.05, 0.1) is 11.8 Å².